The van der Waals surface area contributed by atoms with Crippen LogP contribution in [-0.2, 0) is 9.47 Å². The summed E-state index contributed by atoms with van der Waals surface area (Å²) in [5.74, 6) is 0. The molecular formula is C39H46N4O4. The number of aliphatic imine (C=N–C) groups is 2. The quantitative estimate of drug-likeness (QED) is 0.308. The number of hydrogen-bond donors (Lipinski definition) is 0. The van der Waals surface area contributed by atoms with Crippen molar-refractivity contribution >= 4 is 34.8 Å². The van der Waals surface area contributed by atoms with Gasteiger partial charge in [-0.3, -0.25) is 19.8 Å². The van der Waals surface area contributed by atoms with Crippen LogP contribution in [0.5, 0.6) is 0 Å². The second-order valence-corrected chi connectivity index (χ2v) is 15.0. The topological polar surface area (TPSA) is 83.8 Å². The van der Waals surface area contributed by atoms with Crippen LogP contribution in [0.3, 0.4) is 0 Å². The Balaban J connectivity index is 1.05. The minimum absolute atomic E-state index is 0.00416. The zero-order valence-corrected chi connectivity index (χ0v) is 28.7. The summed E-state index contributed by atoms with van der Waals surface area (Å²) in [5.41, 5.74) is 8.93. The summed E-state index contributed by atoms with van der Waals surface area (Å²) in [6, 6.07) is 17.0. The SMILES string of the molecule is CC1=C[C@@H](C2=NC=C(c3ccc(-c4ccc(C5=CN=C([C@@H]6CCCN6C(=O)OC(C)(C)C)C5)cc4)cc3)C2)N(C(=O)OC(C)(C)C)C1. The number of allylic oxidation sites excluding steroid dienone is 2. The number of hydrogen-bond acceptors (Lipinski definition) is 6. The van der Waals surface area contributed by atoms with Crippen molar-refractivity contribution in [1.82, 2.24) is 9.80 Å². The minimum Gasteiger partial charge on any atom is -0.444 e. The van der Waals surface area contributed by atoms with Gasteiger partial charge in [-0.1, -0.05) is 60.2 Å². The molecule has 0 bridgehead atoms. The molecule has 8 nitrogen and oxygen atoms in total. The zero-order chi connectivity index (χ0) is 33.5. The van der Waals surface area contributed by atoms with Crippen LogP contribution in [0.25, 0.3) is 22.3 Å². The Labute approximate surface area is 278 Å². The number of ether oxygens (including phenoxy) is 2. The first-order valence-corrected chi connectivity index (χ1v) is 16.6. The van der Waals surface area contributed by atoms with Gasteiger partial charge in [-0.05, 0) is 94.7 Å². The Bertz CT molecular complexity index is 1700. The van der Waals surface area contributed by atoms with Crippen molar-refractivity contribution in [1.29, 1.82) is 0 Å². The zero-order valence-electron chi connectivity index (χ0n) is 28.7. The molecule has 0 spiro atoms. The highest BCUT2D eigenvalue weighted by molar-refractivity contribution is 6.04. The van der Waals surface area contributed by atoms with E-state index in [0.29, 0.717) is 19.5 Å². The number of benzene rings is 2. The second kappa shape index (κ2) is 12.6. The third-order valence-electron chi connectivity index (χ3n) is 8.79. The van der Waals surface area contributed by atoms with Gasteiger partial charge < -0.3 is 9.47 Å². The summed E-state index contributed by atoms with van der Waals surface area (Å²) in [6.45, 7) is 14.7. The fraction of sp³-hybridized carbons (Fsp3) is 0.436. The molecule has 2 amide bonds. The van der Waals surface area contributed by atoms with E-state index in [1.807, 2.05) is 65.8 Å². The molecule has 0 unspecified atom stereocenters. The van der Waals surface area contributed by atoms with Crippen LogP contribution in [0.2, 0.25) is 0 Å². The first kappa shape index (κ1) is 32.5. The average molecular weight is 635 g/mol. The maximum absolute atomic E-state index is 12.9. The van der Waals surface area contributed by atoms with Crippen molar-refractivity contribution in [3.8, 4) is 11.1 Å². The standard InChI is InChI=1S/C39H46N4O4/c1-25-19-35(43(24-25)37(45)47-39(5,6)7)33-21-31(23-41-33)29-16-12-27(13-17-29)26-10-14-28(15-11-26)30-20-32(40-22-30)34-9-8-18-42(34)36(44)46-38(2,3)4/h10-17,19,22-23,34-35H,8-9,18,20-21,24H2,1-7H3/t34-,35-/m0/s1. The molecule has 4 aliphatic heterocycles. The maximum atomic E-state index is 12.9. The van der Waals surface area contributed by atoms with E-state index in [1.165, 1.54) is 5.57 Å². The number of nitrogens with zero attached hydrogens (tertiary/aromatic N) is 4. The third-order valence-corrected chi connectivity index (χ3v) is 8.79. The molecule has 1 fully saturated rings. The lowest BCUT2D eigenvalue weighted by atomic mass is 9.95. The van der Waals surface area contributed by atoms with E-state index in [1.54, 1.807) is 4.90 Å². The molecule has 0 saturated carbocycles. The second-order valence-electron chi connectivity index (χ2n) is 15.0. The van der Waals surface area contributed by atoms with Gasteiger partial charge in [-0.2, -0.15) is 0 Å². The lowest BCUT2D eigenvalue weighted by Crippen LogP contribution is -2.43. The van der Waals surface area contributed by atoms with Crippen LogP contribution in [0.4, 0.5) is 9.59 Å². The Hall–Kier alpha value is -4.46. The molecule has 6 rings (SSSR count). The van der Waals surface area contributed by atoms with Crippen molar-refractivity contribution in [2.24, 2.45) is 9.98 Å². The van der Waals surface area contributed by atoms with E-state index in [9.17, 15) is 9.59 Å². The molecule has 1 saturated heterocycles. The molecule has 2 atom stereocenters. The van der Waals surface area contributed by atoms with Gasteiger partial charge >= 0.3 is 12.2 Å². The van der Waals surface area contributed by atoms with Gasteiger partial charge in [0.25, 0.3) is 0 Å². The van der Waals surface area contributed by atoms with Crippen LogP contribution in [0.15, 0.2) is 82.6 Å². The summed E-state index contributed by atoms with van der Waals surface area (Å²) in [4.78, 5) is 38.8. The minimum atomic E-state index is -0.547. The van der Waals surface area contributed by atoms with E-state index < -0.39 is 11.2 Å². The van der Waals surface area contributed by atoms with E-state index >= 15 is 0 Å². The Kier molecular flexibility index (Phi) is 8.72. The monoisotopic (exact) mass is 634 g/mol. The summed E-state index contributed by atoms with van der Waals surface area (Å²) in [7, 11) is 0. The lowest BCUT2D eigenvalue weighted by molar-refractivity contribution is 0.0258. The summed E-state index contributed by atoms with van der Waals surface area (Å²) >= 11 is 0. The summed E-state index contributed by atoms with van der Waals surface area (Å²) < 4.78 is 11.3. The van der Waals surface area contributed by atoms with Crippen molar-refractivity contribution in [3.63, 3.8) is 0 Å². The van der Waals surface area contributed by atoms with Crippen LogP contribution >= 0.6 is 0 Å². The number of rotatable bonds is 5. The normalized spacial score (nSPS) is 21.3. The molecule has 2 aromatic carbocycles. The van der Waals surface area contributed by atoms with Gasteiger partial charge in [-0.15, -0.1) is 0 Å². The van der Waals surface area contributed by atoms with Gasteiger partial charge in [0.1, 0.15) is 11.2 Å². The largest absolute Gasteiger partial charge is 0.444 e. The van der Waals surface area contributed by atoms with E-state index in [4.69, 9.17) is 19.5 Å². The van der Waals surface area contributed by atoms with Crippen molar-refractivity contribution < 1.29 is 19.1 Å². The van der Waals surface area contributed by atoms with E-state index in [-0.39, 0.29) is 24.3 Å². The van der Waals surface area contributed by atoms with Gasteiger partial charge in [0, 0.05) is 49.8 Å². The van der Waals surface area contributed by atoms with Crippen molar-refractivity contribution in [2.75, 3.05) is 13.1 Å². The highest BCUT2D eigenvalue weighted by atomic mass is 16.6. The predicted molar refractivity (Wildman–Crippen MR) is 188 cm³/mol. The summed E-state index contributed by atoms with van der Waals surface area (Å²) in [6.07, 6.45) is 8.74. The highest BCUT2D eigenvalue weighted by Gasteiger charge is 2.37. The molecule has 4 heterocycles. The Morgan fingerprint density at radius 2 is 1.17 bits per heavy atom. The Morgan fingerprint density at radius 1 is 0.702 bits per heavy atom. The average Bonchev–Trinajstić information content (AvgIpc) is 3.81. The Morgan fingerprint density at radius 3 is 1.70 bits per heavy atom. The molecule has 0 aromatic heterocycles. The molecule has 0 radical (unpaired) electrons. The van der Waals surface area contributed by atoms with Crippen LogP contribution < -0.4 is 0 Å². The third kappa shape index (κ3) is 7.42. The van der Waals surface area contributed by atoms with Crippen LogP contribution in [0, 0.1) is 0 Å². The van der Waals surface area contributed by atoms with Gasteiger partial charge in [-0.25, -0.2) is 9.59 Å². The van der Waals surface area contributed by atoms with Crippen molar-refractivity contribution in [3.05, 3.63) is 83.7 Å². The van der Waals surface area contributed by atoms with Crippen LogP contribution in [0.1, 0.15) is 85.3 Å². The predicted octanol–water partition coefficient (Wildman–Crippen LogP) is 8.69. The van der Waals surface area contributed by atoms with Crippen molar-refractivity contribution in [2.45, 2.75) is 97.4 Å². The lowest BCUT2D eigenvalue weighted by Gasteiger charge is -2.29. The molecule has 0 N–H and O–H groups in total. The fourth-order valence-corrected chi connectivity index (χ4v) is 6.59. The van der Waals surface area contributed by atoms with E-state index in [2.05, 4.69) is 54.6 Å². The molecule has 4 aliphatic rings. The van der Waals surface area contributed by atoms with E-state index in [0.717, 1.165) is 64.1 Å². The maximum Gasteiger partial charge on any atom is 0.411 e. The van der Waals surface area contributed by atoms with Gasteiger partial charge in [0.05, 0.1) is 12.1 Å². The fourth-order valence-electron chi connectivity index (χ4n) is 6.59. The number of carbonyl (C=O) groups is 2. The molecule has 0 aliphatic carbocycles. The van der Waals surface area contributed by atoms with Crippen LogP contribution in [-0.4, -0.2) is 69.8 Å². The first-order chi connectivity index (χ1) is 22.2. The number of amides is 2. The molecule has 47 heavy (non-hydrogen) atoms. The molecule has 8 heteroatoms. The smallest absolute Gasteiger partial charge is 0.411 e. The van der Waals surface area contributed by atoms with Gasteiger partial charge in [0.15, 0.2) is 0 Å². The first-order valence-electron chi connectivity index (χ1n) is 16.6. The highest BCUT2D eigenvalue weighted by Crippen LogP contribution is 2.34. The number of carbonyl (C=O) groups excluding carboxylic acids is 2. The number of likely N-dealkylation sites (tertiary alicyclic amines) is 1. The molecule has 2 aromatic rings. The molecular weight excluding hydrogens is 588 g/mol. The van der Waals surface area contributed by atoms with Gasteiger partial charge in [0.2, 0.25) is 0 Å². The summed E-state index contributed by atoms with van der Waals surface area (Å²) in [5, 5.41) is 0. The molecule has 246 valence electrons.